The zero-order valence-corrected chi connectivity index (χ0v) is 30.3. The molecule has 56 heavy (non-hydrogen) atoms. The van der Waals surface area contributed by atoms with E-state index in [1.165, 1.54) is 32.6 Å². The van der Waals surface area contributed by atoms with Crippen LogP contribution in [0.15, 0.2) is 200 Å². The van der Waals surface area contributed by atoms with Gasteiger partial charge in [0, 0.05) is 49.6 Å². The predicted molar refractivity (Wildman–Crippen MR) is 230 cm³/mol. The molecule has 3 heterocycles. The second-order valence-electron chi connectivity index (χ2n) is 14.1. The van der Waals surface area contributed by atoms with E-state index in [4.69, 9.17) is 15.0 Å². The highest BCUT2D eigenvalue weighted by molar-refractivity contribution is 6.12. The maximum absolute atomic E-state index is 5.12. The van der Waals surface area contributed by atoms with Gasteiger partial charge in [-0.1, -0.05) is 146 Å². The Labute approximate surface area is 323 Å². The molecule has 0 saturated heterocycles. The number of rotatable bonds is 6. The van der Waals surface area contributed by atoms with E-state index >= 15 is 0 Å². The highest BCUT2D eigenvalue weighted by atomic mass is 15.0. The average Bonchev–Trinajstić information content (AvgIpc) is 3.79. The second kappa shape index (κ2) is 13.0. The van der Waals surface area contributed by atoms with Crippen molar-refractivity contribution < 1.29 is 0 Å². The van der Waals surface area contributed by atoms with Gasteiger partial charge >= 0.3 is 0 Å². The minimum absolute atomic E-state index is 0.626. The molecule has 11 rings (SSSR count). The first-order chi connectivity index (χ1) is 27.8. The number of para-hydroxylation sites is 3. The third-order valence-electron chi connectivity index (χ3n) is 10.8. The van der Waals surface area contributed by atoms with E-state index in [1.54, 1.807) is 0 Å². The highest BCUT2D eigenvalue weighted by Crippen LogP contribution is 2.39. The van der Waals surface area contributed by atoms with Crippen molar-refractivity contribution >= 4 is 43.6 Å². The van der Waals surface area contributed by atoms with Gasteiger partial charge in [-0.3, -0.25) is 0 Å². The molecule has 0 amide bonds. The van der Waals surface area contributed by atoms with E-state index in [0.717, 1.165) is 50.2 Å². The minimum Gasteiger partial charge on any atom is -0.309 e. The van der Waals surface area contributed by atoms with Gasteiger partial charge < -0.3 is 9.13 Å². The fourth-order valence-electron chi connectivity index (χ4n) is 8.23. The van der Waals surface area contributed by atoms with Crippen LogP contribution in [0.4, 0.5) is 0 Å². The molecular formula is C51H33N5. The maximum Gasteiger partial charge on any atom is 0.164 e. The normalized spacial score (nSPS) is 11.6. The molecule has 0 aliphatic carbocycles. The largest absolute Gasteiger partial charge is 0.309 e. The van der Waals surface area contributed by atoms with Crippen LogP contribution in [0, 0.1) is 0 Å². The number of benzene rings is 8. The van der Waals surface area contributed by atoms with Crippen molar-refractivity contribution in [2.45, 2.75) is 0 Å². The summed E-state index contributed by atoms with van der Waals surface area (Å²) in [6, 6.07) is 70.4. The Morgan fingerprint density at radius 2 is 0.661 bits per heavy atom. The van der Waals surface area contributed by atoms with Gasteiger partial charge in [-0.25, -0.2) is 15.0 Å². The first-order valence-corrected chi connectivity index (χ1v) is 18.9. The maximum atomic E-state index is 5.12. The van der Waals surface area contributed by atoms with Gasteiger partial charge in [-0.2, -0.15) is 0 Å². The molecule has 0 fully saturated rings. The van der Waals surface area contributed by atoms with Crippen LogP contribution in [0.5, 0.6) is 0 Å². The Balaban J connectivity index is 1.13. The Kier molecular flexibility index (Phi) is 7.42. The van der Waals surface area contributed by atoms with Crippen LogP contribution in [0.3, 0.4) is 0 Å². The van der Waals surface area contributed by atoms with Crippen molar-refractivity contribution in [3.8, 4) is 56.7 Å². The van der Waals surface area contributed by atoms with Gasteiger partial charge in [0.25, 0.3) is 0 Å². The minimum atomic E-state index is 0.626. The fraction of sp³-hybridized carbons (Fsp3) is 0. The van der Waals surface area contributed by atoms with Gasteiger partial charge in [-0.05, 0) is 65.7 Å². The summed E-state index contributed by atoms with van der Waals surface area (Å²) < 4.78 is 4.77. The molecule has 0 unspecified atom stereocenters. The van der Waals surface area contributed by atoms with E-state index in [2.05, 4.69) is 149 Å². The van der Waals surface area contributed by atoms with Crippen molar-refractivity contribution in [2.24, 2.45) is 0 Å². The molecule has 11 aromatic rings. The molecule has 8 aromatic carbocycles. The Bertz CT molecular complexity index is 3120. The van der Waals surface area contributed by atoms with E-state index in [1.807, 2.05) is 60.7 Å². The average molecular weight is 716 g/mol. The molecule has 0 saturated carbocycles. The summed E-state index contributed by atoms with van der Waals surface area (Å²) >= 11 is 0. The predicted octanol–water partition coefficient (Wildman–Crippen LogP) is 12.7. The summed E-state index contributed by atoms with van der Waals surface area (Å²) in [5, 5.41) is 4.91. The zero-order chi connectivity index (χ0) is 37.0. The van der Waals surface area contributed by atoms with Crippen molar-refractivity contribution in [1.82, 2.24) is 24.1 Å². The summed E-state index contributed by atoms with van der Waals surface area (Å²) in [7, 11) is 0. The van der Waals surface area contributed by atoms with Crippen molar-refractivity contribution in [3.63, 3.8) is 0 Å². The molecule has 5 heteroatoms. The lowest BCUT2D eigenvalue weighted by atomic mass is 9.98. The lowest BCUT2D eigenvalue weighted by Gasteiger charge is -2.15. The third-order valence-corrected chi connectivity index (χ3v) is 10.8. The van der Waals surface area contributed by atoms with Crippen LogP contribution >= 0.6 is 0 Å². The van der Waals surface area contributed by atoms with Crippen LogP contribution < -0.4 is 0 Å². The highest BCUT2D eigenvalue weighted by Gasteiger charge is 2.20. The lowest BCUT2D eigenvalue weighted by Crippen LogP contribution is -2.02. The molecule has 262 valence electrons. The standard InChI is InChI=1S/C51H33N5/c1-4-16-34(17-5-1)43-32-37(28-30-42(43)51-53-49(35-18-6-2-7-19-35)52-50(54-51)36-20-8-3-9-21-36)56-47-27-15-12-24-41(47)44-33-38(29-31-48(44)56)55-45-25-13-10-22-39(45)40-23-11-14-26-46(40)55/h1-33H. The molecule has 0 bridgehead atoms. The topological polar surface area (TPSA) is 48.5 Å². The van der Waals surface area contributed by atoms with E-state index < -0.39 is 0 Å². The van der Waals surface area contributed by atoms with E-state index in [-0.39, 0.29) is 0 Å². The van der Waals surface area contributed by atoms with E-state index in [0.29, 0.717) is 17.5 Å². The summed E-state index contributed by atoms with van der Waals surface area (Å²) in [6.45, 7) is 0. The summed E-state index contributed by atoms with van der Waals surface area (Å²) in [5.41, 5.74) is 11.8. The Morgan fingerprint density at radius 3 is 1.20 bits per heavy atom. The van der Waals surface area contributed by atoms with Crippen LogP contribution in [-0.2, 0) is 0 Å². The summed E-state index contributed by atoms with van der Waals surface area (Å²) in [6.07, 6.45) is 0. The van der Waals surface area contributed by atoms with E-state index in [9.17, 15) is 0 Å². The lowest BCUT2D eigenvalue weighted by molar-refractivity contribution is 1.07. The van der Waals surface area contributed by atoms with Gasteiger partial charge in [-0.15, -0.1) is 0 Å². The SMILES string of the molecule is c1ccc(-c2nc(-c3ccccc3)nc(-c3ccc(-n4c5ccccc5c5cc(-n6c7ccccc7c7ccccc76)ccc54)cc3-c3ccccc3)n2)cc1. The molecular weight excluding hydrogens is 683 g/mol. The molecule has 0 aliphatic rings. The van der Waals surface area contributed by atoms with Gasteiger partial charge in [0.05, 0.1) is 22.1 Å². The molecule has 0 spiro atoms. The number of hydrogen-bond acceptors (Lipinski definition) is 3. The first-order valence-electron chi connectivity index (χ1n) is 18.9. The van der Waals surface area contributed by atoms with Crippen molar-refractivity contribution in [3.05, 3.63) is 200 Å². The summed E-state index contributed by atoms with van der Waals surface area (Å²) in [4.78, 5) is 15.2. The number of aromatic nitrogens is 5. The molecule has 0 radical (unpaired) electrons. The van der Waals surface area contributed by atoms with Gasteiger partial charge in [0.1, 0.15) is 0 Å². The first kappa shape index (κ1) is 31.9. The number of nitrogens with zero attached hydrogens (tertiary/aromatic N) is 5. The van der Waals surface area contributed by atoms with Crippen molar-refractivity contribution in [2.75, 3.05) is 0 Å². The fourth-order valence-corrected chi connectivity index (χ4v) is 8.23. The molecule has 0 N–H and O–H groups in total. The van der Waals surface area contributed by atoms with Crippen molar-refractivity contribution in [1.29, 1.82) is 0 Å². The van der Waals surface area contributed by atoms with Crippen LogP contribution in [0.2, 0.25) is 0 Å². The number of fused-ring (bicyclic) bond motifs is 6. The smallest absolute Gasteiger partial charge is 0.164 e. The summed E-state index contributed by atoms with van der Waals surface area (Å²) in [5.74, 6) is 1.90. The molecule has 0 aliphatic heterocycles. The quantitative estimate of drug-likeness (QED) is 0.172. The number of hydrogen-bond donors (Lipinski definition) is 0. The molecule has 5 nitrogen and oxygen atoms in total. The third kappa shape index (κ3) is 5.21. The monoisotopic (exact) mass is 715 g/mol. The van der Waals surface area contributed by atoms with Gasteiger partial charge in [0.2, 0.25) is 0 Å². The zero-order valence-electron chi connectivity index (χ0n) is 30.3. The van der Waals surface area contributed by atoms with Crippen LogP contribution in [0.1, 0.15) is 0 Å². The Hall–Kier alpha value is -7.63. The van der Waals surface area contributed by atoms with Crippen LogP contribution in [-0.4, -0.2) is 24.1 Å². The molecule has 0 atom stereocenters. The van der Waals surface area contributed by atoms with Crippen LogP contribution in [0.25, 0.3) is 100 Å². The Morgan fingerprint density at radius 1 is 0.268 bits per heavy atom. The van der Waals surface area contributed by atoms with Gasteiger partial charge in [0.15, 0.2) is 17.5 Å². The molecule has 3 aromatic heterocycles. The second-order valence-corrected chi connectivity index (χ2v) is 14.1.